The van der Waals surface area contributed by atoms with Gasteiger partial charge in [0.2, 0.25) is 0 Å². The van der Waals surface area contributed by atoms with Crippen molar-refractivity contribution >= 4 is 0 Å². The molecule has 1 fully saturated rings. The molecular weight excluding hydrogens is 227 g/mol. The molecule has 0 aromatic heterocycles. The fourth-order valence-electron chi connectivity index (χ4n) is 2.60. The molecule has 2 nitrogen and oxygen atoms in total. The summed E-state index contributed by atoms with van der Waals surface area (Å²) in [7, 11) is 0. The number of nitrogens with one attached hydrogen (secondary N) is 1. The van der Waals surface area contributed by atoms with Crippen LogP contribution in [0.5, 0.6) is 0 Å². The molecule has 3 heteroatoms. The molecule has 1 unspecified atom stereocenters. The minimum atomic E-state index is -0.146. The molecular formula is C15H23FN2. The van der Waals surface area contributed by atoms with Crippen molar-refractivity contribution in [2.45, 2.75) is 45.3 Å². The number of rotatable bonds is 2. The van der Waals surface area contributed by atoms with Crippen LogP contribution in [0.1, 0.15) is 32.8 Å². The van der Waals surface area contributed by atoms with Crippen molar-refractivity contribution in [3.63, 3.8) is 0 Å². The molecule has 0 radical (unpaired) electrons. The summed E-state index contributed by atoms with van der Waals surface area (Å²) in [5.74, 6) is -0.146. The molecule has 1 saturated heterocycles. The Labute approximate surface area is 109 Å². The van der Waals surface area contributed by atoms with Crippen LogP contribution in [0.3, 0.4) is 0 Å². The molecule has 1 aliphatic heterocycles. The van der Waals surface area contributed by atoms with Crippen molar-refractivity contribution in [3.8, 4) is 0 Å². The third-order valence-corrected chi connectivity index (χ3v) is 3.66. The fraction of sp³-hybridized carbons (Fsp3) is 0.600. The average Bonchev–Trinajstić information content (AvgIpc) is 2.38. The van der Waals surface area contributed by atoms with Crippen molar-refractivity contribution in [2.24, 2.45) is 0 Å². The zero-order valence-electron chi connectivity index (χ0n) is 11.5. The lowest BCUT2D eigenvalue weighted by Gasteiger charge is -2.33. The smallest absolute Gasteiger partial charge is 0.123 e. The zero-order valence-corrected chi connectivity index (χ0v) is 11.5. The van der Waals surface area contributed by atoms with Crippen molar-refractivity contribution in [1.29, 1.82) is 0 Å². The van der Waals surface area contributed by atoms with Crippen LogP contribution in [0.25, 0.3) is 0 Å². The molecule has 0 spiro atoms. The van der Waals surface area contributed by atoms with Crippen LogP contribution in [0, 0.1) is 5.82 Å². The lowest BCUT2D eigenvalue weighted by Crippen LogP contribution is -2.47. The van der Waals surface area contributed by atoms with Crippen LogP contribution in [0.2, 0.25) is 0 Å². The van der Waals surface area contributed by atoms with Crippen LogP contribution in [-0.2, 0) is 6.54 Å². The van der Waals surface area contributed by atoms with Crippen molar-refractivity contribution in [3.05, 3.63) is 35.6 Å². The molecule has 1 atom stereocenters. The Hall–Kier alpha value is -0.930. The van der Waals surface area contributed by atoms with E-state index in [0.29, 0.717) is 6.04 Å². The van der Waals surface area contributed by atoms with Gasteiger partial charge in [-0.25, -0.2) is 4.39 Å². The molecule has 0 amide bonds. The first-order valence-electron chi connectivity index (χ1n) is 6.70. The van der Waals surface area contributed by atoms with Gasteiger partial charge in [0, 0.05) is 24.7 Å². The topological polar surface area (TPSA) is 15.3 Å². The van der Waals surface area contributed by atoms with Gasteiger partial charge in [-0.3, -0.25) is 4.90 Å². The lowest BCUT2D eigenvalue weighted by molar-refractivity contribution is 0.173. The van der Waals surface area contributed by atoms with Gasteiger partial charge in [-0.15, -0.1) is 0 Å². The maximum atomic E-state index is 13.2. The first-order chi connectivity index (χ1) is 8.46. The highest BCUT2D eigenvalue weighted by molar-refractivity contribution is 5.16. The number of halogens is 1. The van der Waals surface area contributed by atoms with E-state index in [1.165, 1.54) is 6.07 Å². The molecule has 18 heavy (non-hydrogen) atoms. The van der Waals surface area contributed by atoms with E-state index < -0.39 is 0 Å². The van der Waals surface area contributed by atoms with Gasteiger partial charge in [0.25, 0.3) is 0 Å². The molecule has 1 heterocycles. The Morgan fingerprint density at radius 2 is 2.22 bits per heavy atom. The molecule has 1 N–H and O–H groups in total. The second-order valence-electron chi connectivity index (χ2n) is 5.98. The predicted molar refractivity (Wildman–Crippen MR) is 73.0 cm³/mol. The third kappa shape index (κ3) is 3.53. The Kier molecular flexibility index (Phi) is 4.03. The highest BCUT2D eigenvalue weighted by atomic mass is 19.1. The van der Waals surface area contributed by atoms with Crippen molar-refractivity contribution in [2.75, 3.05) is 13.1 Å². The van der Waals surface area contributed by atoms with Gasteiger partial charge in [0.05, 0.1) is 0 Å². The van der Waals surface area contributed by atoms with Crippen LogP contribution >= 0.6 is 0 Å². The van der Waals surface area contributed by atoms with E-state index in [9.17, 15) is 4.39 Å². The van der Waals surface area contributed by atoms with Crippen LogP contribution in [-0.4, -0.2) is 29.6 Å². The predicted octanol–water partition coefficient (Wildman–Crippen LogP) is 2.79. The summed E-state index contributed by atoms with van der Waals surface area (Å²) in [6.07, 6.45) is 1.14. The minimum absolute atomic E-state index is 0.123. The second kappa shape index (κ2) is 5.37. The third-order valence-electron chi connectivity index (χ3n) is 3.66. The van der Waals surface area contributed by atoms with E-state index in [1.54, 1.807) is 12.1 Å². The van der Waals surface area contributed by atoms with Crippen LogP contribution in [0.15, 0.2) is 24.3 Å². The van der Waals surface area contributed by atoms with Crippen molar-refractivity contribution < 1.29 is 4.39 Å². The number of hydrogen-bond acceptors (Lipinski definition) is 2. The molecule has 0 bridgehead atoms. The average molecular weight is 250 g/mol. The molecule has 2 rings (SSSR count). The van der Waals surface area contributed by atoms with E-state index in [2.05, 4.69) is 31.0 Å². The van der Waals surface area contributed by atoms with Gasteiger partial charge in [-0.2, -0.15) is 0 Å². The van der Waals surface area contributed by atoms with Crippen LogP contribution < -0.4 is 5.32 Å². The van der Waals surface area contributed by atoms with E-state index in [-0.39, 0.29) is 11.4 Å². The van der Waals surface area contributed by atoms with Gasteiger partial charge in [-0.1, -0.05) is 12.1 Å². The lowest BCUT2D eigenvalue weighted by atomic mass is 10.0. The summed E-state index contributed by atoms with van der Waals surface area (Å²) in [4.78, 5) is 2.44. The van der Waals surface area contributed by atoms with E-state index in [4.69, 9.17) is 0 Å². The monoisotopic (exact) mass is 250 g/mol. The summed E-state index contributed by atoms with van der Waals surface area (Å²) in [6, 6.07) is 7.46. The Balaban J connectivity index is 2.10. The first kappa shape index (κ1) is 13.5. The first-order valence-corrected chi connectivity index (χ1v) is 6.70. The van der Waals surface area contributed by atoms with Gasteiger partial charge in [0.1, 0.15) is 5.82 Å². The Morgan fingerprint density at radius 3 is 2.94 bits per heavy atom. The normalized spacial score (nSPS) is 24.8. The Bertz CT molecular complexity index is 403. The molecule has 1 aliphatic rings. The standard InChI is InChI=1S/C15H23FN2/c1-12-7-8-17-15(2,3)11-18(12)10-13-5-4-6-14(16)9-13/h4-6,9,12,17H,7-8,10-11H2,1-3H3. The maximum Gasteiger partial charge on any atom is 0.123 e. The largest absolute Gasteiger partial charge is 0.310 e. The summed E-state index contributed by atoms with van der Waals surface area (Å²) in [5, 5.41) is 3.56. The molecule has 0 saturated carbocycles. The van der Waals surface area contributed by atoms with Gasteiger partial charge >= 0.3 is 0 Å². The minimum Gasteiger partial charge on any atom is -0.310 e. The summed E-state index contributed by atoms with van der Waals surface area (Å²) in [5.41, 5.74) is 1.18. The van der Waals surface area contributed by atoms with E-state index in [0.717, 1.165) is 31.6 Å². The Morgan fingerprint density at radius 1 is 1.44 bits per heavy atom. The van der Waals surface area contributed by atoms with E-state index >= 15 is 0 Å². The van der Waals surface area contributed by atoms with Gasteiger partial charge in [-0.05, 0) is 51.4 Å². The molecule has 1 aromatic carbocycles. The van der Waals surface area contributed by atoms with Crippen molar-refractivity contribution in [1.82, 2.24) is 10.2 Å². The number of nitrogens with zero attached hydrogens (tertiary/aromatic N) is 1. The van der Waals surface area contributed by atoms with E-state index in [1.807, 2.05) is 6.07 Å². The summed E-state index contributed by atoms with van der Waals surface area (Å²) >= 11 is 0. The zero-order chi connectivity index (χ0) is 13.2. The second-order valence-corrected chi connectivity index (χ2v) is 5.98. The molecule has 100 valence electrons. The SMILES string of the molecule is CC1CCNC(C)(C)CN1Cc1cccc(F)c1. The highest BCUT2D eigenvalue weighted by Gasteiger charge is 2.27. The maximum absolute atomic E-state index is 13.2. The van der Waals surface area contributed by atoms with Crippen LogP contribution in [0.4, 0.5) is 4.39 Å². The number of hydrogen-bond donors (Lipinski definition) is 1. The highest BCUT2D eigenvalue weighted by Crippen LogP contribution is 2.18. The molecule has 0 aliphatic carbocycles. The quantitative estimate of drug-likeness (QED) is 0.868. The number of benzene rings is 1. The van der Waals surface area contributed by atoms with Gasteiger partial charge < -0.3 is 5.32 Å². The molecule has 1 aromatic rings. The summed E-state index contributed by atoms with van der Waals surface area (Å²) in [6.45, 7) is 9.57. The van der Waals surface area contributed by atoms with Gasteiger partial charge in [0.15, 0.2) is 0 Å². The summed E-state index contributed by atoms with van der Waals surface area (Å²) < 4.78 is 13.2. The fourth-order valence-corrected chi connectivity index (χ4v) is 2.60.